The molecule has 0 amide bonds. The molecule has 0 atom stereocenters. The Hall–Kier alpha value is -6.51. The van der Waals surface area contributed by atoms with E-state index in [0.29, 0.717) is 0 Å². The van der Waals surface area contributed by atoms with Crippen molar-refractivity contribution in [3.63, 3.8) is 0 Å². The molecule has 1 spiro atoms. The summed E-state index contributed by atoms with van der Waals surface area (Å²) < 4.78 is 2.52. The molecule has 50 heavy (non-hydrogen) atoms. The van der Waals surface area contributed by atoms with E-state index in [1.807, 2.05) is 0 Å². The molecule has 2 aliphatic rings. The summed E-state index contributed by atoms with van der Waals surface area (Å²) in [6.07, 6.45) is 0. The highest BCUT2D eigenvalue weighted by molar-refractivity contribution is 6.14. The summed E-state index contributed by atoms with van der Waals surface area (Å²) in [5.74, 6) is 0. The van der Waals surface area contributed by atoms with Crippen LogP contribution in [0.5, 0.6) is 0 Å². The Morgan fingerprint density at radius 2 is 0.900 bits per heavy atom. The lowest BCUT2D eigenvalue weighted by Crippen LogP contribution is -2.33. The molecule has 0 saturated carbocycles. The van der Waals surface area contributed by atoms with E-state index in [1.165, 1.54) is 66.4 Å². The van der Waals surface area contributed by atoms with Crippen LogP contribution < -0.4 is 0 Å². The van der Waals surface area contributed by atoms with Gasteiger partial charge >= 0.3 is 0 Å². The van der Waals surface area contributed by atoms with Crippen molar-refractivity contribution in [2.45, 2.75) is 5.41 Å². The third-order valence-corrected chi connectivity index (χ3v) is 11.0. The summed E-state index contributed by atoms with van der Waals surface area (Å²) >= 11 is 0. The lowest BCUT2D eigenvalue weighted by molar-refractivity contribution is 0.749. The molecule has 0 unspecified atom stereocenters. The van der Waals surface area contributed by atoms with Crippen molar-refractivity contribution in [1.82, 2.24) is 9.55 Å². The van der Waals surface area contributed by atoms with Crippen molar-refractivity contribution in [1.29, 1.82) is 0 Å². The Morgan fingerprint density at radius 3 is 1.56 bits per heavy atom. The van der Waals surface area contributed by atoms with Crippen molar-refractivity contribution >= 4 is 21.8 Å². The van der Waals surface area contributed by atoms with Gasteiger partial charge in [0.1, 0.15) is 0 Å². The van der Waals surface area contributed by atoms with Gasteiger partial charge in [0.2, 0.25) is 0 Å². The summed E-state index contributed by atoms with van der Waals surface area (Å²) in [4.78, 5) is 5.23. The number of para-hydroxylation sites is 2. The molecular formula is C48H30N2. The van der Waals surface area contributed by atoms with Gasteiger partial charge in [0.05, 0.1) is 33.5 Å². The number of pyridine rings is 1. The number of aromatic nitrogens is 2. The zero-order valence-corrected chi connectivity index (χ0v) is 27.2. The monoisotopic (exact) mass is 634 g/mol. The third-order valence-electron chi connectivity index (χ3n) is 11.0. The van der Waals surface area contributed by atoms with Gasteiger partial charge in [-0.1, -0.05) is 146 Å². The van der Waals surface area contributed by atoms with E-state index in [4.69, 9.17) is 4.98 Å². The fraction of sp³-hybridized carbons (Fsp3) is 0.0208. The van der Waals surface area contributed by atoms with Crippen LogP contribution in [0.3, 0.4) is 0 Å². The summed E-state index contributed by atoms with van der Waals surface area (Å²) in [5.41, 5.74) is 17.7. The van der Waals surface area contributed by atoms with E-state index in [-0.39, 0.29) is 0 Å². The average Bonchev–Trinajstić information content (AvgIpc) is 3.69. The van der Waals surface area contributed by atoms with E-state index in [2.05, 4.69) is 187 Å². The number of fused-ring (bicyclic) bond motifs is 12. The van der Waals surface area contributed by atoms with Crippen LogP contribution >= 0.6 is 0 Å². The van der Waals surface area contributed by atoms with E-state index >= 15 is 0 Å². The van der Waals surface area contributed by atoms with Gasteiger partial charge in [0.25, 0.3) is 0 Å². The van der Waals surface area contributed by atoms with E-state index in [9.17, 15) is 0 Å². The predicted octanol–water partition coefficient (Wildman–Crippen LogP) is 11.9. The SMILES string of the molecule is c1ccc(-c2cc(-c3cc4c5c(c3)c3ccccc3n5-c3ccccc3C43c4ccccc4-c4ccccc43)cc(-c3ccccc3)n2)cc1. The number of benzene rings is 7. The highest BCUT2D eigenvalue weighted by atomic mass is 15.0. The van der Waals surface area contributed by atoms with Crippen LogP contribution in [0.2, 0.25) is 0 Å². The molecule has 7 aromatic carbocycles. The minimum absolute atomic E-state index is 0.486. The highest BCUT2D eigenvalue weighted by Gasteiger charge is 2.50. The average molecular weight is 635 g/mol. The molecule has 11 rings (SSSR count). The Balaban J connectivity index is 1.31. The van der Waals surface area contributed by atoms with Crippen LogP contribution in [0.25, 0.3) is 72.3 Å². The van der Waals surface area contributed by atoms with Crippen LogP contribution in [0.1, 0.15) is 22.3 Å². The second-order valence-electron chi connectivity index (χ2n) is 13.5. The second-order valence-corrected chi connectivity index (χ2v) is 13.5. The molecule has 9 aromatic rings. The lowest BCUT2D eigenvalue weighted by atomic mass is 9.65. The normalized spacial score (nSPS) is 13.4. The minimum Gasteiger partial charge on any atom is -0.309 e. The Kier molecular flexibility index (Phi) is 5.62. The van der Waals surface area contributed by atoms with E-state index < -0.39 is 5.41 Å². The lowest BCUT2D eigenvalue weighted by Gasteiger charge is -2.39. The molecule has 0 saturated heterocycles. The highest BCUT2D eigenvalue weighted by Crippen LogP contribution is 2.61. The molecule has 2 heteroatoms. The second kappa shape index (κ2) is 10.2. The third kappa shape index (κ3) is 3.60. The quantitative estimate of drug-likeness (QED) is 0.189. The van der Waals surface area contributed by atoms with Gasteiger partial charge in [-0.3, -0.25) is 0 Å². The van der Waals surface area contributed by atoms with Gasteiger partial charge in [-0.2, -0.15) is 0 Å². The Bertz CT molecular complexity index is 2700. The van der Waals surface area contributed by atoms with Crippen LogP contribution in [-0.2, 0) is 5.41 Å². The maximum absolute atomic E-state index is 5.23. The van der Waals surface area contributed by atoms with Crippen molar-refractivity contribution in [3.8, 4) is 50.5 Å². The van der Waals surface area contributed by atoms with Crippen molar-refractivity contribution in [3.05, 3.63) is 204 Å². The zero-order valence-electron chi connectivity index (χ0n) is 27.2. The van der Waals surface area contributed by atoms with Crippen LogP contribution in [0.4, 0.5) is 0 Å². The molecule has 1 aliphatic heterocycles. The van der Waals surface area contributed by atoms with Crippen molar-refractivity contribution in [2.24, 2.45) is 0 Å². The first-order valence-electron chi connectivity index (χ1n) is 17.3. The zero-order chi connectivity index (χ0) is 32.8. The first-order chi connectivity index (χ1) is 24.8. The number of rotatable bonds is 3. The molecule has 2 nitrogen and oxygen atoms in total. The maximum Gasteiger partial charge on any atom is 0.0754 e. The van der Waals surface area contributed by atoms with E-state index in [1.54, 1.807) is 0 Å². The molecule has 3 heterocycles. The maximum atomic E-state index is 5.23. The van der Waals surface area contributed by atoms with Crippen LogP contribution in [0.15, 0.2) is 182 Å². The van der Waals surface area contributed by atoms with Gasteiger partial charge < -0.3 is 4.57 Å². The topological polar surface area (TPSA) is 17.8 Å². The molecule has 0 fully saturated rings. The fourth-order valence-corrected chi connectivity index (χ4v) is 8.96. The molecule has 0 radical (unpaired) electrons. The fourth-order valence-electron chi connectivity index (χ4n) is 8.96. The summed E-state index contributed by atoms with van der Waals surface area (Å²) in [7, 11) is 0. The molecule has 232 valence electrons. The number of nitrogens with zero attached hydrogens (tertiary/aromatic N) is 2. The molecule has 0 N–H and O–H groups in total. The molecular weight excluding hydrogens is 605 g/mol. The van der Waals surface area contributed by atoms with Gasteiger partial charge in [-0.05, 0) is 80.9 Å². The molecule has 1 aliphatic carbocycles. The standard InChI is InChI=1S/C48H30N2/c1-3-15-31(16-4-1)43-29-34(30-44(49-43)32-17-5-2-6-18-32)33-27-38-37-21-9-13-25-45(37)50-46-26-14-12-24-41(46)48(42(28-33)47(38)50)39-22-10-7-19-35(39)36-20-8-11-23-40(36)48/h1-30H. The molecule has 2 aromatic heterocycles. The molecule has 0 bridgehead atoms. The minimum atomic E-state index is -0.486. The van der Waals surface area contributed by atoms with Crippen LogP contribution in [0, 0.1) is 0 Å². The predicted molar refractivity (Wildman–Crippen MR) is 206 cm³/mol. The first kappa shape index (κ1) is 27.4. The smallest absolute Gasteiger partial charge is 0.0754 e. The van der Waals surface area contributed by atoms with Crippen molar-refractivity contribution in [2.75, 3.05) is 0 Å². The van der Waals surface area contributed by atoms with E-state index in [0.717, 1.165) is 28.1 Å². The largest absolute Gasteiger partial charge is 0.309 e. The summed E-state index contributed by atoms with van der Waals surface area (Å²) in [5, 5.41) is 2.53. The first-order valence-corrected chi connectivity index (χ1v) is 17.3. The number of hydrogen-bond donors (Lipinski definition) is 0. The van der Waals surface area contributed by atoms with Gasteiger partial charge in [-0.15, -0.1) is 0 Å². The summed E-state index contributed by atoms with van der Waals surface area (Å²) in [6.45, 7) is 0. The Labute approximate surface area is 290 Å². The van der Waals surface area contributed by atoms with Crippen molar-refractivity contribution < 1.29 is 0 Å². The van der Waals surface area contributed by atoms with Crippen LogP contribution in [-0.4, -0.2) is 9.55 Å². The summed E-state index contributed by atoms with van der Waals surface area (Å²) in [6, 6.07) is 66.6. The van der Waals surface area contributed by atoms with Gasteiger partial charge in [-0.25, -0.2) is 4.98 Å². The van der Waals surface area contributed by atoms with Gasteiger partial charge in [0.15, 0.2) is 0 Å². The van der Waals surface area contributed by atoms with Gasteiger partial charge in [0, 0.05) is 21.9 Å². The number of hydrogen-bond acceptors (Lipinski definition) is 1. The Morgan fingerprint density at radius 1 is 0.380 bits per heavy atom.